The van der Waals surface area contributed by atoms with Gasteiger partial charge in [-0.3, -0.25) is 9.78 Å². The minimum absolute atomic E-state index is 0.0803. The number of pyridine rings is 1. The third-order valence-corrected chi connectivity index (χ3v) is 5.43. The van der Waals surface area contributed by atoms with Gasteiger partial charge >= 0.3 is 0 Å². The molecule has 3 aromatic rings. The smallest absolute Gasteiger partial charge is 0.272 e. The zero-order valence-electron chi connectivity index (χ0n) is 16.4. The molecule has 2 heterocycles. The van der Waals surface area contributed by atoms with E-state index in [0.29, 0.717) is 16.8 Å². The van der Waals surface area contributed by atoms with Crippen LogP contribution in [0.1, 0.15) is 49.2 Å². The van der Waals surface area contributed by atoms with Gasteiger partial charge in [-0.2, -0.15) is 5.10 Å². The maximum absolute atomic E-state index is 12.1. The van der Waals surface area contributed by atoms with Crippen molar-refractivity contribution in [1.29, 1.82) is 0 Å². The molecule has 1 aromatic carbocycles. The van der Waals surface area contributed by atoms with Gasteiger partial charge in [0.2, 0.25) is 0 Å². The normalized spacial score (nSPS) is 12.1. The predicted octanol–water partition coefficient (Wildman–Crippen LogP) is 4.97. The van der Waals surface area contributed by atoms with E-state index in [2.05, 4.69) is 48.4 Å². The summed E-state index contributed by atoms with van der Waals surface area (Å²) in [4.78, 5) is 16.8. The molecule has 2 aromatic heterocycles. The van der Waals surface area contributed by atoms with Crippen molar-refractivity contribution >= 4 is 23.0 Å². The first kappa shape index (κ1) is 19.8. The highest BCUT2D eigenvalue weighted by Crippen LogP contribution is 2.39. The van der Waals surface area contributed by atoms with Crippen LogP contribution in [0, 0.1) is 0 Å². The molecule has 3 rings (SSSR count). The second-order valence-corrected chi connectivity index (χ2v) is 8.41. The lowest BCUT2D eigenvalue weighted by Gasteiger charge is -2.19. The molecule has 0 fully saturated rings. The van der Waals surface area contributed by atoms with Crippen LogP contribution in [0.3, 0.4) is 0 Å². The zero-order valence-corrected chi connectivity index (χ0v) is 17.2. The van der Waals surface area contributed by atoms with Gasteiger partial charge in [-0.25, -0.2) is 5.43 Å². The van der Waals surface area contributed by atoms with E-state index in [-0.39, 0.29) is 17.1 Å². The molecule has 0 aliphatic carbocycles. The van der Waals surface area contributed by atoms with E-state index in [4.69, 9.17) is 0 Å². The first-order chi connectivity index (χ1) is 13.3. The van der Waals surface area contributed by atoms with Crippen LogP contribution in [0.5, 0.6) is 5.75 Å². The lowest BCUT2D eigenvalue weighted by Crippen LogP contribution is -2.19. The van der Waals surface area contributed by atoms with Crippen molar-refractivity contribution in [2.24, 2.45) is 5.10 Å². The van der Waals surface area contributed by atoms with Crippen molar-refractivity contribution in [3.05, 3.63) is 70.9 Å². The third kappa shape index (κ3) is 4.28. The van der Waals surface area contributed by atoms with Gasteiger partial charge in [-0.15, -0.1) is 11.3 Å². The Bertz CT molecular complexity index is 1000. The summed E-state index contributed by atoms with van der Waals surface area (Å²) in [6.45, 7) is 8.25. The number of hydrogen-bond donors (Lipinski definition) is 2. The van der Waals surface area contributed by atoms with Crippen LogP contribution < -0.4 is 5.43 Å². The average molecular weight is 394 g/mol. The quantitative estimate of drug-likeness (QED) is 0.485. The molecule has 0 saturated carbocycles. The van der Waals surface area contributed by atoms with Gasteiger partial charge < -0.3 is 5.11 Å². The van der Waals surface area contributed by atoms with E-state index in [0.717, 1.165) is 10.4 Å². The van der Waals surface area contributed by atoms with E-state index in [1.165, 1.54) is 23.1 Å². The lowest BCUT2D eigenvalue weighted by atomic mass is 9.86. The molecule has 28 heavy (non-hydrogen) atoms. The molecule has 0 atom stereocenters. The number of amides is 1. The molecule has 0 unspecified atom stereocenters. The average Bonchev–Trinajstić information content (AvgIpc) is 3.07. The van der Waals surface area contributed by atoms with E-state index >= 15 is 0 Å². The maximum Gasteiger partial charge on any atom is 0.272 e. The van der Waals surface area contributed by atoms with Gasteiger partial charge in [-0.1, -0.05) is 45.0 Å². The summed E-state index contributed by atoms with van der Waals surface area (Å²) in [5.74, 6) is -0.175. The summed E-state index contributed by atoms with van der Waals surface area (Å²) in [5, 5.41) is 16.6. The van der Waals surface area contributed by atoms with Crippen LogP contribution in [-0.4, -0.2) is 21.7 Å². The number of carbonyl (C=O) groups is 1. The Balaban J connectivity index is 1.79. The maximum atomic E-state index is 12.1. The number of aromatic nitrogens is 1. The molecule has 0 aliphatic rings. The van der Waals surface area contributed by atoms with Crippen LogP contribution in [0.2, 0.25) is 0 Å². The number of benzene rings is 1. The Labute approximate surface area is 168 Å². The molecule has 0 spiro atoms. The standard InChI is InChI=1S/C22H23N3O2S/c1-14(24-25-21(27)16-6-5-11-23-12-16)18-13-28-20(19(18)26)15-7-9-17(10-8-15)22(2,3)4/h5-13,26H,1-4H3,(H,25,27). The molecule has 0 saturated heterocycles. The fourth-order valence-corrected chi connectivity index (χ4v) is 3.70. The van der Waals surface area contributed by atoms with Gasteiger partial charge in [0.05, 0.1) is 21.7 Å². The van der Waals surface area contributed by atoms with Crippen molar-refractivity contribution in [2.45, 2.75) is 33.1 Å². The highest BCUT2D eigenvalue weighted by Gasteiger charge is 2.17. The molecule has 5 nitrogen and oxygen atoms in total. The van der Waals surface area contributed by atoms with Gasteiger partial charge in [0.1, 0.15) is 5.75 Å². The van der Waals surface area contributed by atoms with E-state index in [1.54, 1.807) is 25.3 Å². The van der Waals surface area contributed by atoms with Gasteiger partial charge in [0.25, 0.3) is 5.91 Å². The van der Waals surface area contributed by atoms with Crippen LogP contribution in [0.25, 0.3) is 10.4 Å². The SMILES string of the molecule is CC(=NNC(=O)c1cccnc1)c1csc(-c2ccc(C(C)(C)C)cc2)c1O. The molecule has 0 radical (unpaired) electrons. The van der Waals surface area contributed by atoms with Crippen LogP contribution >= 0.6 is 11.3 Å². The van der Waals surface area contributed by atoms with Crippen LogP contribution in [-0.2, 0) is 5.41 Å². The van der Waals surface area contributed by atoms with Crippen molar-refractivity contribution in [3.8, 4) is 16.2 Å². The topological polar surface area (TPSA) is 74.6 Å². The summed E-state index contributed by atoms with van der Waals surface area (Å²) < 4.78 is 0. The Morgan fingerprint density at radius 3 is 2.50 bits per heavy atom. The Morgan fingerprint density at radius 1 is 1.18 bits per heavy atom. The number of rotatable bonds is 4. The molecule has 0 aliphatic heterocycles. The Kier molecular flexibility index (Phi) is 5.61. The number of aromatic hydroxyl groups is 1. The summed E-state index contributed by atoms with van der Waals surface area (Å²) in [7, 11) is 0. The fraction of sp³-hybridized carbons (Fsp3) is 0.227. The van der Waals surface area contributed by atoms with Crippen molar-refractivity contribution < 1.29 is 9.90 Å². The first-order valence-corrected chi connectivity index (χ1v) is 9.81. The highest BCUT2D eigenvalue weighted by molar-refractivity contribution is 7.14. The highest BCUT2D eigenvalue weighted by atomic mass is 32.1. The molecular formula is C22H23N3O2S. The molecule has 6 heteroatoms. The van der Waals surface area contributed by atoms with E-state index in [9.17, 15) is 9.90 Å². The van der Waals surface area contributed by atoms with E-state index in [1.807, 2.05) is 17.5 Å². The lowest BCUT2D eigenvalue weighted by molar-refractivity contribution is 0.0954. The summed E-state index contributed by atoms with van der Waals surface area (Å²) in [6, 6.07) is 11.6. The number of hydrazone groups is 1. The van der Waals surface area contributed by atoms with Crippen molar-refractivity contribution in [3.63, 3.8) is 0 Å². The van der Waals surface area contributed by atoms with E-state index < -0.39 is 0 Å². The Morgan fingerprint density at radius 2 is 1.89 bits per heavy atom. The Hall–Kier alpha value is -2.99. The minimum Gasteiger partial charge on any atom is -0.506 e. The van der Waals surface area contributed by atoms with Gasteiger partial charge in [-0.05, 0) is 35.6 Å². The summed E-state index contributed by atoms with van der Waals surface area (Å²) in [5.41, 5.74) is 6.33. The molecule has 2 N–H and O–H groups in total. The second kappa shape index (κ2) is 7.94. The summed E-state index contributed by atoms with van der Waals surface area (Å²) >= 11 is 1.45. The van der Waals surface area contributed by atoms with Gasteiger partial charge in [0, 0.05) is 17.8 Å². The first-order valence-electron chi connectivity index (χ1n) is 8.94. The molecule has 0 bridgehead atoms. The van der Waals surface area contributed by atoms with Gasteiger partial charge in [0.15, 0.2) is 0 Å². The predicted molar refractivity (Wildman–Crippen MR) is 114 cm³/mol. The number of thiophene rings is 1. The molecular weight excluding hydrogens is 370 g/mol. The second-order valence-electron chi connectivity index (χ2n) is 7.53. The van der Waals surface area contributed by atoms with Crippen LogP contribution in [0.15, 0.2) is 59.3 Å². The number of carbonyl (C=O) groups excluding carboxylic acids is 1. The van der Waals surface area contributed by atoms with Crippen LogP contribution in [0.4, 0.5) is 0 Å². The largest absolute Gasteiger partial charge is 0.506 e. The third-order valence-electron chi connectivity index (χ3n) is 4.42. The number of nitrogens with one attached hydrogen (secondary N) is 1. The minimum atomic E-state index is -0.347. The number of hydrogen-bond acceptors (Lipinski definition) is 5. The molecule has 144 valence electrons. The fourth-order valence-electron chi connectivity index (χ4n) is 2.69. The van der Waals surface area contributed by atoms with Crippen molar-refractivity contribution in [2.75, 3.05) is 0 Å². The number of nitrogens with zero attached hydrogens (tertiary/aromatic N) is 2. The van der Waals surface area contributed by atoms with Crippen molar-refractivity contribution in [1.82, 2.24) is 10.4 Å². The summed E-state index contributed by atoms with van der Waals surface area (Å²) in [6.07, 6.45) is 3.08. The molecule has 1 amide bonds. The zero-order chi connectivity index (χ0) is 20.3. The monoisotopic (exact) mass is 393 g/mol.